The van der Waals surface area contributed by atoms with Crippen LogP contribution in [-0.2, 0) is 19.1 Å². The van der Waals surface area contributed by atoms with Crippen LogP contribution in [0.2, 0.25) is 0 Å². The Kier molecular flexibility index (Phi) is 7.49. The van der Waals surface area contributed by atoms with Crippen LogP contribution in [0.25, 0.3) is 0 Å². The number of rotatable bonds is 8. The van der Waals surface area contributed by atoms with Gasteiger partial charge >= 0.3 is 11.9 Å². The fourth-order valence-corrected chi connectivity index (χ4v) is 5.72. The van der Waals surface area contributed by atoms with Crippen molar-refractivity contribution in [2.75, 3.05) is 7.11 Å². The van der Waals surface area contributed by atoms with E-state index in [1.54, 1.807) is 12.2 Å². The Labute approximate surface area is 196 Å². The van der Waals surface area contributed by atoms with E-state index in [4.69, 9.17) is 14.6 Å². The van der Waals surface area contributed by atoms with Gasteiger partial charge in [0, 0.05) is 17.6 Å². The number of epoxide rings is 1. The summed E-state index contributed by atoms with van der Waals surface area (Å²) in [6, 6.07) is 0. The SMILES string of the molecule is CCC(C)[C@H]1O[C@@]1(C)[C@]1(O)C(C)=C[C@@H]2CC(C(=O)OC)=CC[C@H]2C1/C=C/C=C/C=C/C(=O)O. The minimum Gasteiger partial charge on any atom is -0.478 e. The molecular formula is C27H36O6. The van der Waals surface area contributed by atoms with Gasteiger partial charge in [0.1, 0.15) is 11.2 Å². The molecule has 1 fully saturated rings. The molecule has 6 nitrogen and oxygen atoms in total. The second kappa shape index (κ2) is 9.82. The molecular weight excluding hydrogens is 420 g/mol. The van der Waals surface area contributed by atoms with Crippen LogP contribution in [0.1, 0.15) is 47.0 Å². The number of fused-ring (bicyclic) bond motifs is 1. The fraction of sp³-hybridized carbons (Fsp3) is 0.556. The third-order valence-corrected chi connectivity index (χ3v) is 7.76. The first-order valence-electron chi connectivity index (χ1n) is 11.7. The highest BCUT2D eigenvalue weighted by Crippen LogP contribution is 2.60. The van der Waals surface area contributed by atoms with E-state index >= 15 is 0 Å². The quantitative estimate of drug-likeness (QED) is 0.185. The smallest absolute Gasteiger partial charge is 0.333 e. The van der Waals surface area contributed by atoms with Crippen LogP contribution < -0.4 is 0 Å². The molecule has 0 radical (unpaired) electrons. The summed E-state index contributed by atoms with van der Waals surface area (Å²) in [5.41, 5.74) is -0.323. The van der Waals surface area contributed by atoms with E-state index in [0.29, 0.717) is 24.3 Å². The predicted molar refractivity (Wildman–Crippen MR) is 126 cm³/mol. The van der Waals surface area contributed by atoms with Gasteiger partial charge in [-0.25, -0.2) is 9.59 Å². The van der Waals surface area contributed by atoms with Gasteiger partial charge in [-0.05, 0) is 50.0 Å². The molecule has 0 aromatic rings. The van der Waals surface area contributed by atoms with Crippen LogP contribution >= 0.6 is 0 Å². The van der Waals surface area contributed by atoms with Crippen molar-refractivity contribution in [1.82, 2.24) is 0 Å². The van der Waals surface area contributed by atoms with Gasteiger partial charge in [0.05, 0.1) is 13.2 Å². The molecule has 7 atom stereocenters. The lowest BCUT2D eigenvalue weighted by atomic mass is 9.56. The number of esters is 1. The van der Waals surface area contributed by atoms with Crippen molar-refractivity contribution in [2.45, 2.75) is 64.3 Å². The van der Waals surface area contributed by atoms with E-state index in [1.165, 1.54) is 13.2 Å². The molecule has 0 saturated carbocycles. The van der Waals surface area contributed by atoms with Gasteiger partial charge in [0.15, 0.2) is 0 Å². The van der Waals surface area contributed by atoms with Crippen LogP contribution in [0.5, 0.6) is 0 Å². The van der Waals surface area contributed by atoms with Gasteiger partial charge in [0.2, 0.25) is 0 Å². The number of carboxylic acid groups (broad SMARTS) is 1. The Morgan fingerprint density at radius 1 is 1.30 bits per heavy atom. The van der Waals surface area contributed by atoms with E-state index in [-0.39, 0.29) is 29.8 Å². The van der Waals surface area contributed by atoms with E-state index in [1.807, 2.05) is 32.1 Å². The van der Waals surface area contributed by atoms with Crippen molar-refractivity contribution in [2.24, 2.45) is 23.7 Å². The number of hydrogen-bond acceptors (Lipinski definition) is 5. The minimum absolute atomic E-state index is 0.0258. The Bertz CT molecular complexity index is 925. The Balaban J connectivity index is 1.97. The molecule has 2 N–H and O–H groups in total. The molecule has 180 valence electrons. The van der Waals surface area contributed by atoms with Gasteiger partial charge in [-0.3, -0.25) is 0 Å². The maximum Gasteiger partial charge on any atom is 0.333 e. The van der Waals surface area contributed by atoms with Gasteiger partial charge in [0.25, 0.3) is 0 Å². The summed E-state index contributed by atoms with van der Waals surface area (Å²) in [6.07, 6.45) is 16.1. The Morgan fingerprint density at radius 3 is 2.64 bits per heavy atom. The lowest BCUT2D eigenvalue weighted by Crippen LogP contribution is -2.57. The minimum atomic E-state index is -1.18. The summed E-state index contributed by atoms with van der Waals surface area (Å²) in [6.45, 7) is 8.24. The first-order valence-corrected chi connectivity index (χ1v) is 11.7. The van der Waals surface area contributed by atoms with Crippen molar-refractivity contribution in [3.05, 3.63) is 59.8 Å². The van der Waals surface area contributed by atoms with E-state index in [0.717, 1.165) is 18.1 Å². The molecule has 3 rings (SSSR count). The van der Waals surface area contributed by atoms with Crippen molar-refractivity contribution < 1.29 is 29.3 Å². The average molecular weight is 457 g/mol. The van der Waals surface area contributed by atoms with Gasteiger partial charge < -0.3 is 19.7 Å². The molecule has 1 heterocycles. The number of carbonyl (C=O) groups is 2. The normalized spacial score (nSPS) is 37.0. The zero-order chi connectivity index (χ0) is 24.4. The van der Waals surface area contributed by atoms with Crippen molar-refractivity contribution >= 4 is 11.9 Å². The second-order valence-corrected chi connectivity index (χ2v) is 9.63. The molecule has 33 heavy (non-hydrogen) atoms. The average Bonchev–Trinajstić information content (AvgIpc) is 3.49. The van der Waals surface area contributed by atoms with Gasteiger partial charge in [-0.2, -0.15) is 0 Å². The third-order valence-electron chi connectivity index (χ3n) is 7.76. The number of carboxylic acids is 1. The standard InChI is InChI=1S/C27H36O6/c1-6-17(2)24-26(4,33-24)27(31)18(3)15-20-16-19(25(30)32-5)13-14-21(20)22(27)11-9-7-8-10-12-23(28)29/h7-13,15,17,20-22,24,31H,6,14,16H2,1-5H3,(H,28,29)/b8-7+,11-9+,12-10+/t17?,20-,21-,22?,24-,26-,27+/m1/s1. The van der Waals surface area contributed by atoms with Gasteiger partial charge in [-0.15, -0.1) is 0 Å². The highest BCUT2D eigenvalue weighted by Gasteiger charge is 2.70. The number of hydrogen-bond donors (Lipinski definition) is 2. The van der Waals surface area contributed by atoms with Crippen molar-refractivity contribution in [3.63, 3.8) is 0 Å². The fourth-order valence-electron chi connectivity index (χ4n) is 5.72. The lowest BCUT2D eigenvalue weighted by molar-refractivity contribution is -0.136. The van der Waals surface area contributed by atoms with Crippen molar-refractivity contribution in [3.8, 4) is 0 Å². The Hall–Kier alpha value is -2.44. The molecule has 2 aliphatic carbocycles. The number of carbonyl (C=O) groups excluding carboxylic acids is 1. The second-order valence-electron chi connectivity index (χ2n) is 9.63. The molecule has 0 aromatic carbocycles. The molecule has 2 unspecified atom stereocenters. The maximum absolute atomic E-state index is 12.3. The largest absolute Gasteiger partial charge is 0.478 e. The number of allylic oxidation sites excluding steroid dienone is 6. The number of ether oxygens (including phenoxy) is 2. The summed E-state index contributed by atoms with van der Waals surface area (Å²) in [5, 5.41) is 21.0. The maximum atomic E-state index is 12.3. The van der Waals surface area contributed by atoms with Crippen LogP contribution in [0.4, 0.5) is 0 Å². The Morgan fingerprint density at radius 2 is 2.00 bits per heavy atom. The lowest BCUT2D eigenvalue weighted by Gasteiger charge is -2.50. The van der Waals surface area contributed by atoms with E-state index in [9.17, 15) is 14.7 Å². The summed E-state index contributed by atoms with van der Waals surface area (Å²) < 4.78 is 11.2. The first-order chi connectivity index (χ1) is 15.6. The summed E-state index contributed by atoms with van der Waals surface area (Å²) in [4.78, 5) is 22.8. The number of aliphatic hydroxyl groups is 1. The van der Waals surface area contributed by atoms with Crippen molar-refractivity contribution in [1.29, 1.82) is 0 Å². The third kappa shape index (κ3) is 4.64. The molecule has 0 amide bonds. The van der Waals surface area contributed by atoms with Crippen LogP contribution in [-0.4, -0.2) is 46.6 Å². The highest BCUT2D eigenvalue weighted by molar-refractivity contribution is 5.88. The van der Waals surface area contributed by atoms with Crippen LogP contribution in [0.3, 0.4) is 0 Å². The molecule has 0 bridgehead atoms. The topological polar surface area (TPSA) is 96.4 Å². The van der Waals surface area contributed by atoms with E-state index < -0.39 is 17.2 Å². The molecule has 0 spiro atoms. The first kappa shape index (κ1) is 25.2. The molecule has 0 aromatic heterocycles. The molecule has 1 aliphatic heterocycles. The number of aliphatic carboxylic acids is 1. The monoisotopic (exact) mass is 456 g/mol. The zero-order valence-corrected chi connectivity index (χ0v) is 20.2. The van der Waals surface area contributed by atoms with Gasteiger partial charge in [-0.1, -0.05) is 62.8 Å². The number of methoxy groups -OCH3 is 1. The van der Waals surface area contributed by atoms with E-state index in [2.05, 4.69) is 19.9 Å². The molecule has 1 saturated heterocycles. The highest BCUT2D eigenvalue weighted by atomic mass is 16.6. The van der Waals surface area contributed by atoms with Crippen LogP contribution in [0, 0.1) is 23.7 Å². The molecule has 6 heteroatoms. The summed E-state index contributed by atoms with van der Waals surface area (Å²) in [5.74, 6) is -0.985. The summed E-state index contributed by atoms with van der Waals surface area (Å²) in [7, 11) is 1.40. The molecule has 3 aliphatic rings. The predicted octanol–water partition coefficient (Wildman–Crippen LogP) is 4.38. The summed E-state index contributed by atoms with van der Waals surface area (Å²) >= 11 is 0. The van der Waals surface area contributed by atoms with Crippen LogP contribution in [0.15, 0.2) is 59.8 Å². The zero-order valence-electron chi connectivity index (χ0n) is 20.2.